The van der Waals surface area contributed by atoms with Crippen LogP contribution in [0.3, 0.4) is 0 Å². The first kappa shape index (κ1) is 24.6. The number of fused-ring (bicyclic) bond motifs is 1. The second kappa shape index (κ2) is 11.8. The summed E-state index contributed by atoms with van der Waals surface area (Å²) in [5, 5.41) is 10.3. The van der Waals surface area contributed by atoms with Crippen molar-refractivity contribution in [2.24, 2.45) is 0 Å². The summed E-state index contributed by atoms with van der Waals surface area (Å²) < 4.78 is 29.1. The molecule has 4 aromatic rings. The second-order valence-electron chi connectivity index (χ2n) is 9.26. The largest absolute Gasteiger partial charge is 0.206 e. The van der Waals surface area contributed by atoms with Crippen molar-refractivity contribution in [2.75, 3.05) is 0 Å². The van der Waals surface area contributed by atoms with E-state index in [1.807, 2.05) is 36.4 Å². The van der Waals surface area contributed by atoms with E-state index in [1.165, 1.54) is 49.8 Å². The van der Waals surface area contributed by atoms with Crippen LogP contribution in [0.2, 0.25) is 0 Å². The van der Waals surface area contributed by atoms with Crippen molar-refractivity contribution in [1.82, 2.24) is 0 Å². The van der Waals surface area contributed by atoms with E-state index in [0.29, 0.717) is 23.8 Å². The maximum atomic E-state index is 15.2. The van der Waals surface area contributed by atoms with Gasteiger partial charge in [-0.3, -0.25) is 0 Å². The minimum absolute atomic E-state index is 0.0264. The van der Waals surface area contributed by atoms with Gasteiger partial charge in [0.15, 0.2) is 0 Å². The summed E-state index contributed by atoms with van der Waals surface area (Å²) in [5.74, 6) is -0.752. The summed E-state index contributed by atoms with van der Waals surface area (Å²) in [4.78, 5) is 0. The van der Waals surface area contributed by atoms with Crippen molar-refractivity contribution < 1.29 is 8.78 Å². The fourth-order valence-corrected chi connectivity index (χ4v) is 4.59. The molecule has 0 N–H and O–H groups in total. The lowest BCUT2D eigenvalue weighted by Crippen LogP contribution is -1.97. The molecule has 0 heterocycles. The Labute approximate surface area is 207 Å². The first-order chi connectivity index (χ1) is 17.1. The molecule has 0 bridgehead atoms. The monoisotopic (exact) mass is 467 g/mol. The molecule has 35 heavy (non-hydrogen) atoms. The van der Waals surface area contributed by atoms with E-state index in [4.69, 9.17) is 5.26 Å². The van der Waals surface area contributed by atoms with Crippen molar-refractivity contribution in [3.8, 4) is 17.2 Å². The molecule has 0 fully saturated rings. The van der Waals surface area contributed by atoms with Gasteiger partial charge in [-0.05, 0) is 77.1 Å². The van der Waals surface area contributed by atoms with Gasteiger partial charge in [0.05, 0.1) is 5.56 Å². The van der Waals surface area contributed by atoms with Crippen LogP contribution in [0.1, 0.15) is 61.3 Å². The molecule has 0 amide bonds. The average molecular weight is 468 g/mol. The molecule has 4 aromatic carbocycles. The molecular weight excluding hydrogens is 436 g/mol. The average Bonchev–Trinajstić information content (AvgIpc) is 2.88. The van der Waals surface area contributed by atoms with E-state index < -0.39 is 5.82 Å². The highest BCUT2D eigenvalue weighted by atomic mass is 19.1. The Balaban J connectivity index is 1.44. The highest BCUT2D eigenvalue weighted by Gasteiger charge is 2.10. The fourth-order valence-electron chi connectivity index (χ4n) is 4.59. The predicted octanol–water partition coefficient (Wildman–Crippen LogP) is 8.95. The van der Waals surface area contributed by atoms with E-state index in [1.54, 1.807) is 6.07 Å². The molecule has 0 radical (unpaired) electrons. The van der Waals surface area contributed by atoms with Gasteiger partial charge in [-0.2, -0.15) is 5.26 Å². The Morgan fingerprint density at radius 3 is 2.17 bits per heavy atom. The van der Waals surface area contributed by atoms with Gasteiger partial charge in [-0.1, -0.05) is 87.2 Å². The third-order valence-corrected chi connectivity index (χ3v) is 6.73. The van der Waals surface area contributed by atoms with Gasteiger partial charge in [-0.15, -0.1) is 0 Å². The van der Waals surface area contributed by atoms with Gasteiger partial charge < -0.3 is 0 Å². The molecule has 0 spiro atoms. The van der Waals surface area contributed by atoms with Gasteiger partial charge in [0.2, 0.25) is 0 Å². The zero-order valence-corrected chi connectivity index (χ0v) is 20.3. The molecule has 0 aromatic heterocycles. The fraction of sp³-hybridized carbons (Fsp3) is 0.281. The highest BCUT2D eigenvalue weighted by Crippen LogP contribution is 2.28. The smallest absolute Gasteiger partial charge is 0.141 e. The molecule has 0 aliphatic carbocycles. The van der Waals surface area contributed by atoms with E-state index in [9.17, 15) is 4.39 Å². The zero-order valence-electron chi connectivity index (χ0n) is 20.3. The van der Waals surface area contributed by atoms with Crippen LogP contribution in [0.5, 0.6) is 0 Å². The summed E-state index contributed by atoms with van der Waals surface area (Å²) in [7, 11) is 0. The lowest BCUT2D eigenvalue weighted by Gasteiger charge is -2.10. The molecule has 1 nitrogen and oxygen atoms in total. The first-order valence-corrected chi connectivity index (χ1v) is 12.6. The van der Waals surface area contributed by atoms with Crippen molar-refractivity contribution in [1.29, 1.82) is 5.26 Å². The Kier molecular flexibility index (Phi) is 8.27. The molecule has 0 unspecified atom stereocenters. The number of nitriles is 1. The normalized spacial score (nSPS) is 11.0. The van der Waals surface area contributed by atoms with Gasteiger partial charge in [0.25, 0.3) is 0 Å². The van der Waals surface area contributed by atoms with Crippen LogP contribution in [0, 0.1) is 23.0 Å². The van der Waals surface area contributed by atoms with Crippen molar-refractivity contribution >= 4 is 10.8 Å². The number of hydrogen-bond acceptors (Lipinski definition) is 1. The minimum atomic E-state index is -0.531. The second-order valence-corrected chi connectivity index (χ2v) is 9.26. The maximum absolute atomic E-state index is 15.2. The highest BCUT2D eigenvalue weighted by molar-refractivity contribution is 5.88. The molecule has 0 saturated carbocycles. The van der Waals surface area contributed by atoms with Crippen LogP contribution in [-0.2, 0) is 19.3 Å². The van der Waals surface area contributed by atoms with E-state index in [-0.39, 0.29) is 11.4 Å². The Morgan fingerprint density at radius 2 is 1.43 bits per heavy atom. The minimum Gasteiger partial charge on any atom is -0.206 e. The van der Waals surface area contributed by atoms with Crippen LogP contribution >= 0.6 is 0 Å². The van der Waals surface area contributed by atoms with Crippen LogP contribution in [0.15, 0.2) is 72.8 Å². The van der Waals surface area contributed by atoms with Crippen molar-refractivity contribution in [3.05, 3.63) is 107 Å². The lowest BCUT2D eigenvalue weighted by atomic mass is 9.96. The number of halogens is 2. The number of unbranched alkanes of at least 4 members (excludes halogenated alkanes) is 4. The van der Waals surface area contributed by atoms with E-state index in [2.05, 4.69) is 31.2 Å². The molecule has 0 saturated heterocycles. The van der Waals surface area contributed by atoms with Crippen LogP contribution < -0.4 is 0 Å². The summed E-state index contributed by atoms with van der Waals surface area (Å²) in [5.41, 5.74) is 4.96. The molecule has 4 rings (SSSR count). The summed E-state index contributed by atoms with van der Waals surface area (Å²) in [6.07, 6.45) is 8.52. The molecule has 3 heteroatoms. The first-order valence-electron chi connectivity index (χ1n) is 12.6. The quantitative estimate of drug-likeness (QED) is 0.214. The van der Waals surface area contributed by atoms with Gasteiger partial charge in [-0.25, -0.2) is 8.78 Å². The van der Waals surface area contributed by atoms with E-state index in [0.717, 1.165) is 28.5 Å². The number of hydrogen-bond donors (Lipinski definition) is 0. The van der Waals surface area contributed by atoms with Gasteiger partial charge in [0.1, 0.15) is 17.7 Å². The Morgan fingerprint density at radius 1 is 0.686 bits per heavy atom. The predicted molar refractivity (Wildman–Crippen MR) is 140 cm³/mol. The van der Waals surface area contributed by atoms with Gasteiger partial charge >= 0.3 is 0 Å². The van der Waals surface area contributed by atoms with Crippen LogP contribution in [0.25, 0.3) is 21.9 Å². The molecule has 178 valence electrons. The summed E-state index contributed by atoms with van der Waals surface area (Å²) >= 11 is 0. The van der Waals surface area contributed by atoms with Crippen LogP contribution in [0.4, 0.5) is 8.78 Å². The lowest BCUT2D eigenvalue weighted by molar-refractivity contribution is 0.616. The van der Waals surface area contributed by atoms with Crippen LogP contribution in [-0.4, -0.2) is 0 Å². The molecule has 0 aliphatic rings. The number of benzene rings is 4. The summed E-state index contributed by atoms with van der Waals surface area (Å²) in [6.45, 7) is 2.24. The third-order valence-electron chi connectivity index (χ3n) is 6.73. The Hall–Kier alpha value is -3.51. The SMILES string of the molecule is CCCCCCCc1ccc(-c2ccc3c(F)c(CCc4ccc(C#N)c(F)c4)ccc3c2)cc1. The molecular formula is C32H31F2N. The van der Waals surface area contributed by atoms with E-state index >= 15 is 4.39 Å². The maximum Gasteiger partial charge on any atom is 0.141 e. The summed E-state index contributed by atoms with van der Waals surface area (Å²) in [6, 6.07) is 24.8. The number of aryl methyl sites for hydroxylation is 3. The third kappa shape index (κ3) is 6.14. The molecule has 0 atom stereocenters. The van der Waals surface area contributed by atoms with Crippen molar-refractivity contribution in [3.63, 3.8) is 0 Å². The zero-order chi connectivity index (χ0) is 24.6. The van der Waals surface area contributed by atoms with Crippen molar-refractivity contribution in [2.45, 2.75) is 58.3 Å². The van der Waals surface area contributed by atoms with Gasteiger partial charge in [0, 0.05) is 5.39 Å². The number of rotatable bonds is 10. The number of nitrogens with zero attached hydrogens (tertiary/aromatic N) is 1. The topological polar surface area (TPSA) is 23.8 Å². The standard InChI is InChI=1S/C32H31F2N/c1-2-3-4-5-6-7-23-8-12-25(13-9-23)27-18-19-30-28(21-27)17-16-26(32(30)34)14-10-24-11-15-29(22-35)31(33)20-24/h8-9,11-13,15-21H,2-7,10,14H2,1H3. The molecule has 0 aliphatic heterocycles. The Bertz CT molecular complexity index is 1330.